The number of hydrogen-bond acceptors (Lipinski definition) is 3. The Morgan fingerprint density at radius 2 is 1.48 bits per heavy atom. The molecule has 0 amide bonds. The minimum Gasteiger partial charge on any atom is -0.383 e. The van der Waals surface area contributed by atoms with Gasteiger partial charge in [-0.1, -0.05) is 54.6 Å². The Kier molecular flexibility index (Phi) is 4.21. The van der Waals surface area contributed by atoms with Crippen LogP contribution in [0.15, 0.2) is 72.8 Å². The van der Waals surface area contributed by atoms with Gasteiger partial charge in [-0.15, -0.1) is 0 Å². The Bertz CT molecular complexity index is 935. The van der Waals surface area contributed by atoms with Crippen molar-refractivity contribution in [2.45, 2.75) is 25.4 Å². The van der Waals surface area contributed by atoms with Crippen LogP contribution in [0.1, 0.15) is 16.7 Å². The van der Waals surface area contributed by atoms with Crippen molar-refractivity contribution in [1.82, 2.24) is 0 Å². The van der Waals surface area contributed by atoms with Crippen molar-refractivity contribution in [3.05, 3.63) is 89.5 Å². The molecular weight excluding hydrogens is 330 g/mol. The molecule has 0 saturated carbocycles. The largest absolute Gasteiger partial charge is 0.383 e. The van der Waals surface area contributed by atoms with Crippen molar-refractivity contribution in [2.24, 2.45) is 0 Å². The molecule has 0 fully saturated rings. The van der Waals surface area contributed by atoms with E-state index in [2.05, 4.69) is 88.3 Å². The van der Waals surface area contributed by atoms with Gasteiger partial charge in [0, 0.05) is 25.3 Å². The second-order valence-corrected chi connectivity index (χ2v) is 7.54. The van der Waals surface area contributed by atoms with Crippen LogP contribution in [0.25, 0.3) is 0 Å². The highest BCUT2D eigenvalue weighted by Gasteiger charge is 2.28. The summed E-state index contributed by atoms with van der Waals surface area (Å²) in [6.45, 7) is 2.92. The molecule has 0 spiro atoms. The molecule has 0 aromatic heterocycles. The van der Waals surface area contributed by atoms with Crippen molar-refractivity contribution in [2.75, 3.05) is 28.6 Å². The molecule has 3 aromatic carbocycles. The summed E-state index contributed by atoms with van der Waals surface area (Å²) in [6.07, 6.45) is 2.17. The van der Waals surface area contributed by atoms with Crippen LogP contribution in [0, 0.1) is 0 Å². The minimum absolute atomic E-state index is 0.472. The first-order chi connectivity index (χ1) is 13.4. The van der Waals surface area contributed by atoms with Gasteiger partial charge in [0.1, 0.15) is 0 Å². The first-order valence-electron chi connectivity index (χ1n) is 9.86. The number of anilines is 3. The van der Waals surface area contributed by atoms with Gasteiger partial charge in [0.15, 0.2) is 0 Å². The highest BCUT2D eigenvalue weighted by Crippen LogP contribution is 2.35. The van der Waals surface area contributed by atoms with Gasteiger partial charge in [-0.25, -0.2) is 0 Å². The predicted molar refractivity (Wildman–Crippen MR) is 114 cm³/mol. The fraction of sp³-hybridized carbons (Fsp3) is 0.250. The van der Waals surface area contributed by atoms with Crippen molar-refractivity contribution in [3.63, 3.8) is 0 Å². The van der Waals surface area contributed by atoms with Crippen LogP contribution >= 0.6 is 0 Å². The number of hydrogen-bond donors (Lipinski definition) is 2. The summed E-state index contributed by atoms with van der Waals surface area (Å²) in [6, 6.07) is 26.9. The topological polar surface area (TPSA) is 27.3 Å². The van der Waals surface area contributed by atoms with Gasteiger partial charge >= 0.3 is 0 Å². The molecule has 3 nitrogen and oxygen atoms in total. The van der Waals surface area contributed by atoms with Crippen LogP contribution in [0.3, 0.4) is 0 Å². The Balaban J connectivity index is 1.40. The summed E-state index contributed by atoms with van der Waals surface area (Å²) < 4.78 is 0. The number of para-hydroxylation sites is 2. The second-order valence-electron chi connectivity index (χ2n) is 7.54. The fourth-order valence-corrected chi connectivity index (χ4v) is 4.26. The van der Waals surface area contributed by atoms with Crippen LogP contribution in [0.5, 0.6) is 0 Å². The van der Waals surface area contributed by atoms with Gasteiger partial charge in [-0.05, 0) is 47.7 Å². The van der Waals surface area contributed by atoms with Crippen molar-refractivity contribution in [1.29, 1.82) is 0 Å². The van der Waals surface area contributed by atoms with Gasteiger partial charge in [0.05, 0.1) is 17.4 Å². The zero-order chi connectivity index (χ0) is 18.1. The van der Waals surface area contributed by atoms with Crippen LogP contribution in [0.2, 0.25) is 0 Å². The maximum absolute atomic E-state index is 3.67. The Morgan fingerprint density at radius 1 is 0.741 bits per heavy atom. The third kappa shape index (κ3) is 3.25. The molecule has 2 aliphatic heterocycles. The van der Waals surface area contributed by atoms with E-state index >= 15 is 0 Å². The molecule has 2 heterocycles. The molecule has 0 radical (unpaired) electrons. The van der Waals surface area contributed by atoms with Gasteiger partial charge in [0.25, 0.3) is 0 Å². The monoisotopic (exact) mass is 355 g/mol. The summed E-state index contributed by atoms with van der Waals surface area (Å²) in [5.41, 5.74) is 8.07. The molecular formula is C24H25N3. The molecule has 0 aliphatic carbocycles. The van der Waals surface area contributed by atoms with E-state index in [4.69, 9.17) is 0 Å². The Morgan fingerprint density at radius 3 is 2.37 bits per heavy atom. The number of benzene rings is 3. The lowest BCUT2D eigenvalue weighted by Crippen LogP contribution is -2.46. The maximum atomic E-state index is 3.67. The summed E-state index contributed by atoms with van der Waals surface area (Å²) in [5, 5.41) is 7.26. The van der Waals surface area contributed by atoms with E-state index in [1.54, 1.807) is 0 Å². The minimum atomic E-state index is 0.472. The van der Waals surface area contributed by atoms with Crippen molar-refractivity contribution < 1.29 is 0 Å². The highest BCUT2D eigenvalue weighted by molar-refractivity contribution is 5.74. The lowest BCUT2D eigenvalue weighted by Gasteiger charge is -2.38. The van der Waals surface area contributed by atoms with E-state index < -0.39 is 0 Å². The second kappa shape index (κ2) is 6.99. The Labute approximate surface area is 161 Å². The smallest absolute Gasteiger partial charge is 0.0639 e. The van der Waals surface area contributed by atoms with Gasteiger partial charge < -0.3 is 15.5 Å². The first kappa shape index (κ1) is 16.2. The normalized spacial score (nSPS) is 17.6. The summed E-state index contributed by atoms with van der Waals surface area (Å²) in [4.78, 5) is 2.56. The van der Waals surface area contributed by atoms with E-state index in [0.717, 1.165) is 32.5 Å². The molecule has 3 aromatic rings. The molecule has 136 valence electrons. The van der Waals surface area contributed by atoms with Gasteiger partial charge in [-0.3, -0.25) is 0 Å². The molecule has 1 unspecified atom stereocenters. The third-order valence-corrected chi connectivity index (χ3v) is 5.77. The van der Waals surface area contributed by atoms with E-state index in [-0.39, 0.29) is 0 Å². The fourth-order valence-electron chi connectivity index (χ4n) is 4.26. The number of nitrogens with zero attached hydrogens (tertiary/aromatic N) is 1. The Hall–Kier alpha value is -2.94. The SMILES string of the molecule is c1ccc(CCc2ccc3c(c2)CN2c4ccccc4NCC2CN3)cc1. The van der Waals surface area contributed by atoms with E-state index in [1.165, 1.54) is 33.8 Å². The predicted octanol–water partition coefficient (Wildman–Crippen LogP) is 4.70. The lowest BCUT2D eigenvalue weighted by atomic mass is 10.0. The molecule has 2 N–H and O–H groups in total. The number of rotatable bonds is 3. The number of aryl methyl sites for hydroxylation is 2. The lowest BCUT2D eigenvalue weighted by molar-refractivity contribution is 0.629. The van der Waals surface area contributed by atoms with Gasteiger partial charge in [-0.2, -0.15) is 0 Å². The molecule has 3 heteroatoms. The maximum Gasteiger partial charge on any atom is 0.0639 e. The van der Waals surface area contributed by atoms with E-state index in [1.807, 2.05) is 0 Å². The van der Waals surface area contributed by atoms with Crippen LogP contribution in [0.4, 0.5) is 17.1 Å². The summed E-state index contributed by atoms with van der Waals surface area (Å²) in [5.74, 6) is 0. The van der Waals surface area contributed by atoms with Crippen molar-refractivity contribution in [3.8, 4) is 0 Å². The van der Waals surface area contributed by atoms with E-state index in [0.29, 0.717) is 6.04 Å². The van der Waals surface area contributed by atoms with Crippen molar-refractivity contribution >= 4 is 17.1 Å². The molecule has 0 bridgehead atoms. The summed E-state index contributed by atoms with van der Waals surface area (Å²) in [7, 11) is 0. The molecule has 0 saturated heterocycles. The number of fused-ring (bicyclic) bond motifs is 4. The molecule has 2 aliphatic rings. The molecule has 5 rings (SSSR count). The zero-order valence-electron chi connectivity index (χ0n) is 15.5. The average Bonchev–Trinajstić information content (AvgIpc) is 2.92. The third-order valence-electron chi connectivity index (χ3n) is 5.77. The van der Waals surface area contributed by atoms with Crippen LogP contribution < -0.4 is 15.5 Å². The quantitative estimate of drug-likeness (QED) is 0.713. The zero-order valence-corrected chi connectivity index (χ0v) is 15.5. The van der Waals surface area contributed by atoms with Gasteiger partial charge in [0.2, 0.25) is 0 Å². The standard InChI is InChI=1S/C24H25N3/c1-2-6-18(7-3-1)10-11-19-12-13-22-20(14-19)17-27-21(15-25-22)16-26-23-8-4-5-9-24(23)27/h1-9,12-14,21,25-26H,10-11,15-17H2. The highest BCUT2D eigenvalue weighted by atomic mass is 15.2. The first-order valence-corrected chi connectivity index (χ1v) is 9.86. The van der Waals surface area contributed by atoms with E-state index in [9.17, 15) is 0 Å². The average molecular weight is 355 g/mol. The van der Waals surface area contributed by atoms with Crippen LogP contribution in [-0.2, 0) is 19.4 Å². The van der Waals surface area contributed by atoms with Crippen LogP contribution in [-0.4, -0.2) is 19.1 Å². The molecule has 27 heavy (non-hydrogen) atoms. The summed E-state index contributed by atoms with van der Waals surface area (Å²) >= 11 is 0. The number of nitrogens with one attached hydrogen (secondary N) is 2. The molecule has 1 atom stereocenters.